The van der Waals surface area contributed by atoms with Crippen LogP contribution in [0.3, 0.4) is 0 Å². The number of hydrogen-bond donors (Lipinski definition) is 1. The number of nitrogens with one attached hydrogen (secondary N) is 1. The fraction of sp³-hybridized carbons (Fsp3) is 0.281. The fourth-order valence-electron chi connectivity index (χ4n) is 5.46. The largest absolute Gasteiger partial charge is 0.383 e. The zero-order chi connectivity index (χ0) is 27.0. The molecule has 1 atom stereocenters. The molecule has 7 heteroatoms. The molecule has 2 heterocycles. The van der Waals surface area contributed by atoms with Crippen LogP contribution < -0.4 is 5.32 Å². The van der Waals surface area contributed by atoms with Gasteiger partial charge in [-0.1, -0.05) is 84.9 Å². The molecule has 1 N–H and O–H groups in total. The number of nitrogens with zero attached hydrogens (tertiary/aromatic N) is 3. The van der Waals surface area contributed by atoms with Gasteiger partial charge < -0.3 is 15.0 Å². The maximum atomic E-state index is 13.8. The van der Waals surface area contributed by atoms with E-state index in [2.05, 4.69) is 39.5 Å². The fourth-order valence-corrected chi connectivity index (χ4v) is 5.46. The molecule has 1 unspecified atom stereocenters. The number of fused-ring (bicyclic) bond motifs is 1. The molecular formula is C32H34N4O3. The second-order valence-electron chi connectivity index (χ2n) is 9.82. The van der Waals surface area contributed by atoms with Gasteiger partial charge in [0, 0.05) is 63.5 Å². The third-order valence-electron chi connectivity index (χ3n) is 7.33. The zero-order valence-corrected chi connectivity index (χ0v) is 22.2. The van der Waals surface area contributed by atoms with Crippen molar-refractivity contribution >= 4 is 22.6 Å². The van der Waals surface area contributed by atoms with Crippen molar-refractivity contribution in [3.05, 3.63) is 114 Å². The number of pyridine rings is 1. The Kier molecular flexibility index (Phi) is 8.61. The zero-order valence-electron chi connectivity index (χ0n) is 22.2. The number of benzene rings is 3. The van der Waals surface area contributed by atoms with Gasteiger partial charge in [0.25, 0.3) is 5.91 Å². The summed E-state index contributed by atoms with van der Waals surface area (Å²) in [7, 11) is 1.62. The van der Waals surface area contributed by atoms with Crippen LogP contribution in [0.15, 0.2) is 97.3 Å². The lowest BCUT2D eigenvalue weighted by atomic mass is 9.93. The molecule has 200 valence electrons. The van der Waals surface area contributed by atoms with E-state index in [4.69, 9.17) is 4.74 Å². The molecule has 4 aromatic rings. The molecule has 0 aliphatic carbocycles. The van der Waals surface area contributed by atoms with E-state index in [-0.39, 0.29) is 30.3 Å². The van der Waals surface area contributed by atoms with Crippen LogP contribution in [0, 0.1) is 0 Å². The smallest absolute Gasteiger partial charge is 0.256 e. The lowest BCUT2D eigenvalue weighted by Crippen LogP contribution is -2.57. The van der Waals surface area contributed by atoms with Crippen molar-refractivity contribution in [2.45, 2.75) is 18.5 Å². The van der Waals surface area contributed by atoms with E-state index < -0.39 is 0 Å². The van der Waals surface area contributed by atoms with Gasteiger partial charge in [0.2, 0.25) is 5.91 Å². The van der Waals surface area contributed by atoms with Crippen LogP contribution in [0.2, 0.25) is 0 Å². The normalized spacial score (nSPS) is 15.9. The minimum absolute atomic E-state index is 0.0411. The van der Waals surface area contributed by atoms with E-state index >= 15 is 0 Å². The van der Waals surface area contributed by atoms with Crippen LogP contribution in [0.5, 0.6) is 0 Å². The number of carbonyl (C=O) groups excluding carboxylic acids is 2. The summed E-state index contributed by atoms with van der Waals surface area (Å²) in [6.45, 7) is 2.53. The van der Waals surface area contributed by atoms with Gasteiger partial charge in [-0.25, -0.2) is 0 Å². The third-order valence-corrected chi connectivity index (χ3v) is 7.33. The summed E-state index contributed by atoms with van der Waals surface area (Å²) in [6, 6.07) is 28.3. The molecule has 3 aromatic carbocycles. The number of ether oxygens (including phenoxy) is 1. The summed E-state index contributed by atoms with van der Waals surface area (Å²) in [5.41, 5.74) is 2.91. The molecule has 1 aliphatic heterocycles. The highest BCUT2D eigenvalue weighted by atomic mass is 16.5. The molecule has 0 spiro atoms. The highest BCUT2D eigenvalue weighted by Crippen LogP contribution is 2.33. The Hall–Kier alpha value is -4.07. The number of piperazine rings is 1. The predicted molar refractivity (Wildman–Crippen MR) is 152 cm³/mol. The Bertz CT molecular complexity index is 1350. The number of carbonyl (C=O) groups is 2. The SMILES string of the molecule is COCCNC(=O)CC1CN(C(=O)c2cncc3ccccc23)CCN1C(c1ccccc1)c1ccccc1. The molecule has 0 radical (unpaired) electrons. The molecule has 1 aromatic heterocycles. The van der Waals surface area contributed by atoms with Gasteiger partial charge in [0.05, 0.1) is 18.2 Å². The van der Waals surface area contributed by atoms with Crippen LogP contribution in [-0.2, 0) is 9.53 Å². The number of hydrogen-bond acceptors (Lipinski definition) is 5. The second-order valence-corrected chi connectivity index (χ2v) is 9.82. The van der Waals surface area contributed by atoms with E-state index in [0.717, 1.165) is 21.9 Å². The molecule has 5 rings (SSSR count). The summed E-state index contributed by atoms with van der Waals surface area (Å²) in [5, 5.41) is 4.79. The molecule has 7 nitrogen and oxygen atoms in total. The van der Waals surface area contributed by atoms with Crippen molar-refractivity contribution in [3.63, 3.8) is 0 Å². The van der Waals surface area contributed by atoms with Crippen molar-refractivity contribution in [2.24, 2.45) is 0 Å². The first-order chi connectivity index (χ1) is 19.2. The average molecular weight is 523 g/mol. The van der Waals surface area contributed by atoms with E-state index in [1.54, 1.807) is 19.5 Å². The second kappa shape index (κ2) is 12.7. The summed E-state index contributed by atoms with van der Waals surface area (Å²) >= 11 is 0. The Morgan fingerprint density at radius 1 is 0.923 bits per heavy atom. The van der Waals surface area contributed by atoms with Gasteiger partial charge in [0.1, 0.15) is 0 Å². The van der Waals surface area contributed by atoms with E-state index in [1.165, 1.54) is 0 Å². The Morgan fingerprint density at radius 2 is 1.59 bits per heavy atom. The number of amides is 2. The molecular weight excluding hydrogens is 488 g/mol. The Labute approximate surface area is 229 Å². The van der Waals surface area contributed by atoms with Crippen LogP contribution in [-0.4, -0.2) is 72.5 Å². The topological polar surface area (TPSA) is 74.8 Å². The van der Waals surface area contributed by atoms with Gasteiger partial charge in [-0.2, -0.15) is 0 Å². The first kappa shape index (κ1) is 26.5. The predicted octanol–water partition coefficient (Wildman–Crippen LogP) is 4.30. The lowest BCUT2D eigenvalue weighted by Gasteiger charge is -2.45. The van der Waals surface area contributed by atoms with Gasteiger partial charge in [0.15, 0.2) is 0 Å². The maximum Gasteiger partial charge on any atom is 0.256 e. The molecule has 39 heavy (non-hydrogen) atoms. The van der Waals surface area contributed by atoms with Gasteiger partial charge in [-0.3, -0.25) is 19.5 Å². The third kappa shape index (κ3) is 6.16. The van der Waals surface area contributed by atoms with Crippen LogP contribution in [0.4, 0.5) is 0 Å². The molecule has 1 aliphatic rings. The van der Waals surface area contributed by atoms with Crippen molar-refractivity contribution < 1.29 is 14.3 Å². The van der Waals surface area contributed by atoms with Crippen molar-refractivity contribution in [1.82, 2.24) is 20.1 Å². The quantitative estimate of drug-likeness (QED) is 0.332. The molecule has 1 saturated heterocycles. The highest BCUT2D eigenvalue weighted by Gasteiger charge is 2.36. The van der Waals surface area contributed by atoms with Gasteiger partial charge in [-0.15, -0.1) is 0 Å². The molecule has 1 fully saturated rings. The Balaban J connectivity index is 1.46. The van der Waals surface area contributed by atoms with Crippen molar-refractivity contribution in [2.75, 3.05) is 39.9 Å². The molecule has 0 bridgehead atoms. The summed E-state index contributed by atoms with van der Waals surface area (Å²) in [5.74, 6) is -0.109. The van der Waals surface area contributed by atoms with Gasteiger partial charge >= 0.3 is 0 Å². The van der Waals surface area contributed by atoms with Crippen LogP contribution in [0.1, 0.15) is 33.9 Å². The number of rotatable bonds is 9. The van der Waals surface area contributed by atoms with Crippen molar-refractivity contribution in [3.8, 4) is 0 Å². The minimum Gasteiger partial charge on any atom is -0.383 e. The summed E-state index contributed by atoms with van der Waals surface area (Å²) in [6.07, 6.45) is 3.71. The lowest BCUT2D eigenvalue weighted by molar-refractivity contribution is -0.123. The first-order valence-electron chi connectivity index (χ1n) is 13.4. The maximum absolute atomic E-state index is 13.8. The summed E-state index contributed by atoms with van der Waals surface area (Å²) < 4.78 is 5.11. The van der Waals surface area contributed by atoms with Crippen molar-refractivity contribution in [1.29, 1.82) is 0 Å². The standard InChI is InChI=1S/C32H34N4O3/c1-39-19-16-34-30(37)20-27-23-35(32(38)29-22-33-21-26-14-8-9-15-28(26)29)17-18-36(27)31(24-10-4-2-5-11-24)25-12-6-3-7-13-25/h2-15,21-22,27,31H,16-20,23H2,1H3,(H,34,37). The highest BCUT2D eigenvalue weighted by molar-refractivity contribution is 6.06. The van der Waals surface area contributed by atoms with E-state index in [9.17, 15) is 9.59 Å². The van der Waals surface area contributed by atoms with Crippen LogP contribution >= 0.6 is 0 Å². The average Bonchev–Trinajstić information content (AvgIpc) is 2.98. The monoisotopic (exact) mass is 522 g/mol. The minimum atomic E-state index is -0.182. The Morgan fingerprint density at radius 3 is 2.28 bits per heavy atom. The van der Waals surface area contributed by atoms with Gasteiger partial charge in [-0.05, 0) is 16.5 Å². The van der Waals surface area contributed by atoms with E-state index in [1.807, 2.05) is 65.6 Å². The van der Waals surface area contributed by atoms with Crippen LogP contribution in [0.25, 0.3) is 10.8 Å². The summed E-state index contributed by atoms with van der Waals surface area (Å²) in [4.78, 5) is 35.4. The number of aromatic nitrogens is 1. The number of methoxy groups -OCH3 is 1. The first-order valence-corrected chi connectivity index (χ1v) is 13.4. The van der Waals surface area contributed by atoms with E-state index in [0.29, 0.717) is 38.3 Å². The molecule has 2 amide bonds. The molecule has 0 saturated carbocycles.